The first-order chi connectivity index (χ1) is 19.6. The van der Waals surface area contributed by atoms with Crippen molar-refractivity contribution in [3.63, 3.8) is 0 Å². The first-order valence-electron chi connectivity index (χ1n) is 13.5. The molecule has 3 heterocycles. The molecule has 2 aromatic heterocycles. The third-order valence-corrected chi connectivity index (χ3v) is 9.70. The molecule has 43 heavy (non-hydrogen) atoms. The minimum atomic E-state index is -4.28. The Morgan fingerprint density at radius 3 is 2.47 bits per heavy atom. The summed E-state index contributed by atoms with van der Waals surface area (Å²) in [4.78, 5) is 19.9. The molecule has 1 aromatic carbocycles. The Balaban J connectivity index is 0.00000423. The van der Waals surface area contributed by atoms with Gasteiger partial charge in [0.25, 0.3) is 15.9 Å². The van der Waals surface area contributed by atoms with Gasteiger partial charge in [-0.3, -0.25) is 4.79 Å². The molecular formula is C28H33ClF3N5O4S2. The number of nitrogens with zero attached hydrogens (tertiary/aromatic N) is 4. The van der Waals surface area contributed by atoms with Crippen molar-refractivity contribution in [3.05, 3.63) is 59.2 Å². The Morgan fingerprint density at radius 2 is 1.86 bits per heavy atom. The van der Waals surface area contributed by atoms with Crippen molar-refractivity contribution in [2.24, 2.45) is 11.3 Å². The van der Waals surface area contributed by atoms with E-state index >= 15 is 0 Å². The fourth-order valence-electron chi connectivity index (χ4n) is 5.49. The number of sulfonamides is 1. The number of hydrogen-bond acceptors (Lipinski definition) is 7. The minimum Gasteiger partial charge on any atom is -0.477 e. The lowest BCUT2D eigenvalue weighted by Gasteiger charge is -2.34. The van der Waals surface area contributed by atoms with E-state index in [0.717, 1.165) is 6.42 Å². The van der Waals surface area contributed by atoms with Crippen LogP contribution in [0.2, 0.25) is 5.02 Å². The van der Waals surface area contributed by atoms with Crippen molar-refractivity contribution in [1.82, 2.24) is 19.5 Å². The molecule has 1 amide bonds. The number of carbonyl (C=O) groups excluding carboxylic acids is 1. The van der Waals surface area contributed by atoms with Crippen LogP contribution in [-0.4, -0.2) is 54.0 Å². The topological polar surface area (TPSA) is 106 Å². The van der Waals surface area contributed by atoms with Crippen LogP contribution in [0.25, 0.3) is 5.82 Å². The van der Waals surface area contributed by atoms with Gasteiger partial charge in [-0.25, -0.2) is 22.8 Å². The number of amides is 1. The quantitative estimate of drug-likeness (QED) is 0.305. The fourth-order valence-corrected chi connectivity index (χ4v) is 6.98. The van der Waals surface area contributed by atoms with Gasteiger partial charge in [0.15, 0.2) is 5.82 Å². The minimum absolute atomic E-state index is 0. The number of rotatable bonds is 9. The summed E-state index contributed by atoms with van der Waals surface area (Å²) in [5.41, 5.74) is -2.01. The SMILES string of the molecule is C[C@@H]1CN(c2nc(-n3ccc(OCCC4(C(F)(F)F)CC4)n3)ccc2C(=O)NS(=O)(=O)c2ccccc2Cl)C(C)(C)C1.S. The highest BCUT2D eigenvalue weighted by Gasteiger charge is 2.62. The molecule has 1 aliphatic heterocycles. The van der Waals surface area contributed by atoms with Crippen LogP contribution < -0.4 is 14.4 Å². The van der Waals surface area contributed by atoms with E-state index in [4.69, 9.17) is 21.3 Å². The predicted octanol–water partition coefficient (Wildman–Crippen LogP) is 5.89. The Hall–Kier alpha value is -2.97. The Kier molecular flexibility index (Phi) is 9.07. The average Bonchev–Trinajstić information content (AvgIpc) is 3.46. The van der Waals surface area contributed by atoms with Crippen molar-refractivity contribution >= 4 is 46.8 Å². The molecule has 9 nitrogen and oxygen atoms in total. The van der Waals surface area contributed by atoms with Crippen LogP contribution >= 0.6 is 25.1 Å². The first-order valence-corrected chi connectivity index (χ1v) is 15.3. The van der Waals surface area contributed by atoms with Gasteiger partial charge in [-0.2, -0.15) is 26.7 Å². The predicted molar refractivity (Wildman–Crippen MR) is 161 cm³/mol. The fraction of sp³-hybridized carbons (Fsp3) is 0.464. The summed E-state index contributed by atoms with van der Waals surface area (Å²) < 4.78 is 74.7. The van der Waals surface area contributed by atoms with Gasteiger partial charge in [0.1, 0.15) is 10.7 Å². The van der Waals surface area contributed by atoms with Crippen LogP contribution in [0.1, 0.15) is 56.8 Å². The standard InChI is InChI=1S/C28H31ClF3N5O4S.H2S/c1-18-16-26(2,3)36(17-18)24-19(25(38)35-42(39,40)21-7-5-4-6-20(21)29)8-9-22(33-24)37-14-10-23(34-37)41-15-13-27(11-12-27)28(30,31)32;/h4-10,14,18H,11-13,15-17H2,1-3H3,(H,35,38);1H2/t18-;/m0./s1. The van der Waals surface area contributed by atoms with Crippen molar-refractivity contribution in [2.75, 3.05) is 18.1 Å². The monoisotopic (exact) mass is 659 g/mol. The average molecular weight is 660 g/mol. The van der Waals surface area contributed by atoms with E-state index in [-0.39, 0.29) is 72.5 Å². The maximum atomic E-state index is 13.4. The molecule has 2 aliphatic rings. The van der Waals surface area contributed by atoms with Gasteiger partial charge in [-0.1, -0.05) is 30.7 Å². The summed E-state index contributed by atoms with van der Waals surface area (Å²) in [5.74, 6) is 0.133. The number of aromatic nitrogens is 3. The zero-order valence-corrected chi connectivity index (χ0v) is 26.4. The zero-order valence-electron chi connectivity index (χ0n) is 23.8. The van der Waals surface area contributed by atoms with Crippen molar-refractivity contribution in [1.29, 1.82) is 0 Å². The van der Waals surface area contributed by atoms with Crippen LogP contribution in [0.5, 0.6) is 5.88 Å². The van der Waals surface area contributed by atoms with Crippen molar-refractivity contribution in [3.8, 4) is 11.7 Å². The van der Waals surface area contributed by atoms with E-state index < -0.39 is 33.1 Å². The number of nitrogens with one attached hydrogen (secondary N) is 1. The summed E-state index contributed by atoms with van der Waals surface area (Å²) >= 11 is 6.07. The number of halogens is 4. The van der Waals surface area contributed by atoms with Gasteiger partial charge in [0.05, 0.1) is 22.6 Å². The van der Waals surface area contributed by atoms with Gasteiger partial charge >= 0.3 is 6.18 Å². The molecular weight excluding hydrogens is 627 g/mol. The summed E-state index contributed by atoms with van der Waals surface area (Å²) in [5, 5.41) is 4.28. The summed E-state index contributed by atoms with van der Waals surface area (Å²) in [6, 6.07) is 10.3. The van der Waals surface area contributed by atoms with Gasteiger partial charge in [-0.05, 0) is 69.7 Å². The van der Waals surface area contributed by atoms with Gasteiger partial charge in [0, 0.05) is 24.3 Å². The van der Waals surface area contributed by atoms with E-state index in [9.17, 15) is 26.4 Å². The second-order valence-electron chi connectivity index (χ2n) is 11.6. The lowest BCUT2D eigenvalue weighted by molar-refractivity contribution is -0.190. The number of anilines is 1. The molecule has 1 saturated carbocycles. The Bertz CT molecular complexity index is 1610. The number of hydrogen-bond donors (Lipinski definition) is 1. The zero-order chi connectivity index (χ0) is 30.5. The molecule has 2 fully saturated rings. The normalized spacial score (nSPS) is 19.0. The molecule has 0 radical (unpaired) electrons. The largest absolute Gasteiger partial charge is 0.477 e. The highest BCUT2D eigenvalue weighted by molar-refractivity contribution is 7.90. The third kappa shape index (κ3) is 6.75. The van der Waals surface area contributed by atoms with Gasteiger partial charge in [-0.15, -0.1) is 5.10 Å². The second kappa shape index (κ2) is 11.8. The number of pyridine rings is 1. The molecule has 3 aromatic rings. The van der Waals surface area contributed by atoms with E-state index in [0.29, 0.717) is 12.4 Å². The number of carbonyl (C=O) groups is 1. The third-order valence-electron chi connectivity index (χ3n) is 7.87. The molecule has 15 heteroatoms. The van der Waals surface area contributed by atoms with Crippen molar-refractivity contribution in [2.45, 2.75) is 63.1 Å². The first kappa shape index (κ1) is 32.9. The lowest BCUT2D eigenvalue weighted by atomic mass is 9.97. The van der Waals surface area contributed by atoms with E-state index in [1.807, 2.05) is 18.7 Å². The molecule has 0 unspecified atom stereocenters. The summed E-state index contributed by atoms with van der Waals surface area (Å²) in [7, 11) is -4.28. The number of alkyl halides is 3. The maximum Gasteiger partial charge on any atom is 0.394 e. The molecule has 0 spiro atoms. The van der Waals surface area contributed by atoms with Gasteiger partial charge in [0.2, 0.25) is 5.88 Å². The number of benzene rings is 1. The molecule has 0 bridgehead atoms. The highest BCUT2D eigenvalue weighted by Crippen LogP contribution is 2.59. The van der Waals surface area contributed by atoms with E-state index in [1.165, 1.54) is 41.1 Å². The summed E-state index contributed by atoms with van der Waals surface area (Å²) in [6.45, 7) is 6.55. The second-order valence-corrected chi connectivity index (χ2v) is 13.7. The number of ether oxygens (including phenoxy) is 1. The van der Waals surface area contributed by atoms with E-state index in [1.54, 1.807) is 12.3 Å². The van der Waals surface area contributed by atoms with Gasteiger partial charge < -0.3 is 9.64 Å². The van der Waals surface area contributed by atoms with Crippen LogP contribution in [0.15, 0.2) is 53.6 Å². The molecule has 5 rings (SSSR count). The van der Waals surface area contributed by atoms with Crippen molar-refractivity contribution < 1.29 is 31.1 Å². The smallest absolute Gasteiger partial charge is 0.394 e. The highest BCUT2D eigenvalue weighted by atomic mass is 35.5. The van der Waals surface area contributed by atoms with Crippen LogP contribution in [0.3, 0.4) is 0 Å². The van der Waals surface area contributed by atoms with Crippen LogP contribution in [-0.2, 0) is 10.0 Å². The maximum absolute atomic E-state index is 13.4. The molecule has 1 N–H and O–H groups in total. The molecule has 1 saturated heterocycles. The molecule has 1 atom stereocenters. The van der Waals surface area contributed by atoms with E-state index in [2.05, 4.69) is 16.7 Å². The Labute approximate surface area is 260 Å². The van der Waals surface area contributed by atoms with Crippen LogP contribution in [0, 0.1) is 11.3 Å². The molecule has 234 valence electrons. The Morgan fingerprint density at radius 1 is 1.16 bits per heavy atom. The lowest BCUT2D eigenvalue weighted by Crippen LogP contribution is -2.41. The van der Waals surface area contributed by atoms with Crippen LogP contribution in [0.4, 0.5) is 19.0 Å². The summed E-state index contributed by atoms with van der Waals surface area (Å²) in [6.07, 6.45) is -1.82. The molecule has 1 aliphatic carbocycles.